The molecule has 0 spiro atoms. The lowest BCUT2D eigenvalue weighted by atomic mass is 10.2. The summed E-state index contributed by atoms with van der Waals surface area (Å²) in [7, 11) is 2.03. The predicted molar refractivity (Wildman–Crippen MR) is 77.1 cm³/mol. The van der Waals surface area contributed by atoms with E-state index < -0.39 is 0 Å². The fourth-order valence-corrected chi connectivity index (χ4v) is 2.64. The van der Waals surface area contributed by atoms with E-state index in [1.54, 1.807) is 12.3 Å². The molecule has 0 unspecified atom stereocenters. The van der Waals surface area contributed by atoms with Gasteiger partial charge in [-0.15, -0.1) is 0 Å². The highest BCUT2D eigenvalue weighted by atomic mass is 19.1. The van der Waals surface area contributed by atoms with Gasteiger partial charge >= 0.3 is 0 Å². The molecule has 1 aliphatic heterocycles. The molecule has 3 heterocycles. The quantitative estimate of drug-likeness (QED) is 0.854. The van der Waals surface area contributed by atoms with Crippen LogP contribution in [0.2, 0.25) is 0 Å². The highest BCUT2D eigenvalue weighted by molar-refractivity contribution is 5.40. The molecule has 3 rings (SSSR count). The highest BCUT2D eigenvalue weighted by Crippen LogP contribution is 2.18. The van der Waals surface area contributed by atoms with E-state index in [2.05, 4.69) is 32.9 Å². The smallest absolute Gasteiger partial charge is 0.165 e. The molecule has 0 aromatic carbocycles. The van der Waals surface area contributed by atoms with Crippen molar-refractivity contribution in [2.45, 2.75) is 6.54 Å². The molecule has 0 radical (unpaired) electrons. The fourth-order valence-electron chi connectivity index (χ4n) is 2.64. The van der Waals surface area contributed by atoms with E-state index in [0.717, 1.165) is 32.7 Å². The maximum Gasteiger partial charge on any atom is 0.165 e. The van der Waals surface area contributed by atoms with Gasteiger partial charge in [0.05, 0.1) is 0 Å². The van der Waals surface area contributed by atoms with Gasteiger partial charge < -0.3 is 9.47 Å². The average Bonchev–Trinajstić information content (AvgIpc) is 2.86. The van der Waals surface area contributed by atoms with Crippen molar-refractivity contribution in [2.75, 3.05) is 31.1 Å². The van der Waals surface area contributed by atoms with E-state index in [0.29, 0.717) is 5.82 Å². The number of aryl methyl sites for hydroxylation is 1. The summed E-state index contributed by atoms with van der Waals surface area (Å²) in [4.78, 5) is 8.56. The first kappa shape index (κ1) is 13.1. The summed E-state index contributed by atoms with van der Waals surface area (Å²) in [6.07, 6.45) is 5.86. The van der Waals surface area contributed by atoms with Crippen LogP contribution in [0.15, 0.2) is 36.8 Å². The summed E-state index contributed by atoms with van der Waals surface area (Å²) in [5.74, 6) is 0.246. The molecule has 1 fully saturated rings. The van der Waals surface area contributed by atoms with Crippen LogP contribution in [0.25, 0.3) is 0 Å². The van der Waals surface area contributed by atoms with Crippen LogP contribution < -0.4 is 4.90 Å². The van der Waals surface area contributed by atoms with Crippen molar-refractivity contribution in [3.05, 3.63) is 48.2 Å². The number of pyridine rings is 1. The summed E-state index contributed by atoms with van der Waals surface area (Å²) in [6, 6.07) is 5.24. The van der Waals surface area contributed by atoms with Crippen molar-refractivity contribution >= 4 is 5.82 Å². The lowest BCUT2D eigenvalue weighted by molar-refractivity contribution is 0.248. The van der Waals surface area contributed by atoms with Gasteiger partial charge in [0.15, 0.2) is 11.6 Å². The maximum absolute atomic E-state index is 13.7. The van der Waals surface area contributed by atoms with Gasteiger partial charge in [0.25, 0.3) is 0 Å². The lowest BCUT2D eigenvalue weighted by Gasteiger charge is -2.35. The number of aromatic nitrogens is 2. The number of anilines is 1. The van der Waals surface area contributed by atoms with Crippen molar-refractivity contribution in [3.8, 4) is 0 Å². The summed E-state index contributed by atoms with van der Waals surface area (Å²) in [5, 5.41) is 0. The Labute approximate surface area is 118 Å². The topological polar surface area (TPSA) is 24.3 Å². The van der Waals surface area contributed by atoms with E-state index in [4.69, 9.17) is 0 Å². The van der Waals surface area contributed by atoms with E-state index in [-0.39, 0.29) is 5.82 Å². The number of hydrogen-bond acceptors (Lipinski definition) is 3. The fraction of sp³-hybridized carbons (Fsp3) is 0.400. The van der Waals surface area contributed by atoms with Gasteiger partial charge in [0.2, 0.25) is 0 Å². The molecule has 0 bridgehead atoms. The van der Waals surface area contributed by atoms with Crippen molar-refractivity contribution in [3.63, 3.8) is 0 Å². The number of piperazine rings is 1. The van der Waals surface area contributed by atoms with Crippen LogP contribution >= 0.6 is 0 Å². The van der Waals surface area contributed by atoms with Crippen molar-refractivity contribution in [1.82, 2.24) is 14.5 Å². The normalized spacial score (nSPS) is 16.6. The third-order valence-corrected chi connectivity index (χ3v) is 3.71. The molecule has 2 aromatic rings. The van der Waals surface area contributed by atoms with Crippen LogP contribution in [0.5, 0.6) is 0 Å². The summed E-state index contributed by atoms with van der Waals surface area (Å²) in [6.45, 7) is 4.47. The molecule has 0 atom stereocenters. The largest absolute Gasteiger partial charge is 0.357 e. The summed E-state index contributed by atoms with van der Waals surface area (Å²) in [5.41, 5.74) is 1.32. The molecule has 0 aliphatic carbocycles. The summed E-state index contributed by atoms with van der Waals surface area (Å²) >= 11 is 0. The Bertz CT molecular complexity index is 573. The Hall–Kier alpha value is -1.88. The molecule has 0 saturated carbocycles. The van der Waals surface area contributed by atoms with Gasteiger partial charge in [0.1, 0.15) is 0 Å². The van der Waals surface area contributed by atoms with Crippen molar-refractivity contribution in [1.29, 1.82) is 0 Å². The van der Waals surface area contributed by atoms with Crippen LogP contribution in [0.1, 0.15) is 5.56 Å². The monoisotopic (exact) mass is 274 g/mol. The third-order valence-electron chi connectivity index (χ3n) is 3.71. The van der Waals surface area contributed by atoms with Crippen molar-refractivity contribution < 1.29 is 4.39 Å². The first-order valence-corrected chi connectivity index (χ1v) is 6.91. The molecule has 5 heteroatoms. The minimum atomic E-state index is -0.232. The minimum Gasteiger partial charge on any atom is -0.357 e. The van der Waals surface area contributed by atoms with E-state index in [1.807, 2.05) is 11.9 Å². The number of nitrogens with zero attached hydrogens (tertiary/aromatic N) is 4. The maximum atomic E-state index is 13.7. The second-order valence-electron chi connectivity index (χ2n) is 5.26. The van der Waals surface area contributed by atoms with Crippen LogP contribution in [0.4, 0.5) is 10.2 Å². The molecular formula is C15H19FN4. The number of halogens is 1. The van der Waals surface area contributed by atoms with E-state index >= 15 is 0 Å². The van der Waals surface area contributed by atoms with Gasteiger partial charge in [-0.2, -0.15) is 0 Å². The Morgan fingerprint density at radius 2 is 2.00 bits per heavy atom. The zero-order chi connectivity index (χ0) is 13.9. The molecule has 0 N–H and O–H groups in total. The molecule has 0 amide bonds. The molecule has 4 nitrogen and oxygen atoms in total. The molecule has 1 saturated heterocycles. The lowest BCUT2D eigenvalue weighted by Crippen LogP contribution is -2.46. The molecule has 1 aliphatic rings. The standard InChI is InChI=1S/C15H19FN4/c1-18-6-4-13(11-18)12-19-7-9-20(10-8-19)15-14(16)3-2-5-17-15/h2-6,11H,7-10,12H2,1H3. The van der Waals surface area contributed by atoms with E-state index in [9.17, 15) is 4.39 Å². The zero-order valence-corrected chi connectivity index (χ0v) is 11.7. The minimum absolute atomic E-state index is 0.232. The summed E-state index contributed by atoms with van der Waals surface area (Å²) < 4.78 is 15.8. The molecule has 2 aromatic heterocycles. The molecular weight excluding hydrogens is 255 g/mol. The highest BCUT2D eigenvalue weighted by Gasteiger charge is 2.20. The first-order valence-electron chi connectivity index (χ1n) is 6.91. The Kier molecular flexibility index (Phi) is 3.69. The van der Waals surface area contributed by atoms with Crippen LogP contribution in [0, 0.1) is 5.82 Å². The first-order chi connectivity index (χ1) is 9.72. The van der Waals surface area contributed by atoms with Gasteiger partial charge in [0, 0.05) is 58.4 Å². The predicted octanol–water partition coefficient (Wildman–Crippen LogP) is 1.88. The van der Waals surface area contributed by atoms with Gasteiger partial charge in [-0.1, -0.05) is 0 Å². The Balaban J connectivity index is 1.58. The number of hydrogen-bond donors (Lipinski definition) is 0. The van der Waals surface area contributed by atoms with E-state index in [1.165, 1.54) is 11.6 Å². The number of rotatable bonds is 3. The SMILES string of the molecule is Cn1ccc(CN2CCN(c3ncccc3F)CC2)c1. The Morgan fingerprint density at radius 1 is 1.20 bits per heavy atom. The zero-order valence-electron chi connectivity index (χ0n) is 11.7. The second kappa shape index (κ2) is 5.63. The molecule has 20 heavy (non-hydrogen) atoms. The molecule has 106 valence electrons. The Morgan fingerprint density at radius 3 is 2.65 bits per heavy atom. The van der Waals surface area contributed by atoms with Crippen LogP contribution in [-0.2, 0) is 13.6 Å². The van der Waals surface area contributed by atoms with Crippen molar-refractivity contribution in [2.24, 2.45) is 7.05 Å². The van der Waals surface area contributed by atoms with Crippen LogP contribution in [0.3, 0.4) is 0 Å². The third kappa shape index (κ3) is 2.82. The second-order valence-corrected chi connectivity index (χ2v) is 5.26. The van der Waals surface area contributed by atoms with Gasteiger partial charge in [-0.3, -0.25) is 4.90 Å². The van der Waals surface area contributed by atoms with Gasteiger partial charge in [-0.05, 0) is 23.8 Å². The van der Waals surface area contributed by atoms with Crippen LogP contribution in [-0.4, -0.2) is 40.6 Å². The van der Waals surface area contributed by atoms with Gasteiger partial charge in [-0.25, -0.2) is 9.37 Å². The average molecular weight is 274 g/mol.